The molecule has 0 atom stereocenters. The zero-order valence-corrected chi connectivity index (χ0v) is 8.95. The summed E-state index contributed by atoms with van der Waals surface area (Å²) < 4.78 is 4.99. The summed E-state index contributed by atoms with van der Waals surface area (Å²) in [6.45, 7) is 3.68. The first-order valence-corrected chi connectivity index (χ1v) is 4.75. The molecule has 0 aliphatic heterocycles. The number of methoxy groups -OCH3 is 1. The minimum atomic E-state index is 0.472. The Kier molecular flexibility index (Phi) is 2.56. The molecule has 0 aliphatic carbocycles. The van der Waals surface area contributed by atoms with Crippen molar-refractivity contribution in [1.29, 1.82) is 0 Å². The van der Waals surface area contributed by atoms with Crippen LogP contribution < -0.4 is 4.74 Å². The number of hydrogen-bond acceptors (Lipinski definition) is 3. The van der Waals surface area contributed by atoms with Gasteiger partial charge in [-0.05, 0) is 17.7 Å². The Morgan fingerprint density at radius 1 is 1.47 bits per heavy atom. The predicted molar refractivity (Wildman–Crippen MR) is 61.2 cm³/mol. The molecule has 0 aliphatic rings. The molecule has 0 radical (unpaired) electrons. The molecule has 4 heteroatoms. The number of ether oxygens (including phenoxy) is 1. The molecule has 1 heterocycles. The van der Waals surface area contributed by atoms with Crippen LogP contribution in [0.1, 0.15) is 5.56 Å². The third-order valence-electron chi connectivity index (χ3n) is 2.05. The lowest BCUT2D eigenvalue weighted by atomic mass is 10.2. The van der Waals surface area contributed by atoms with Gasteiger partial charge in [0, 0.05) is 0 Å². The first kappa shape index (κ1) is 9.93. The normalized spacial score (nSPS) is 10.3. The van der Waals surface area contributed by atoms with Crippen molar-refractivity contribution in [2.24, 2.45) is 0 Å². The zero-order valence-electron chi connectivity index (χ0n) is 8.20. The number of halogens is 1. The van der Waals surface area contributed by atoms with Gasteiger partial charge in [0.15, 0.2) is 0 Å². The number of aromatic nitrogens is 2. The molecule has 15 heavy (non-hydrogen) atoms. The molecule has 0 unspecified atom stereocenters. The first-order valence-electron chi connectivity index (χ1n) is 4.37. The van der Waals surface area contributed by atoms with Gasteiger partial charge in [-0.2, -0.15) is 0 Å². The molecule has 76 valence electrons. The van der Waals surface area contributed by atoms with E-state index in [1.165, 1.54) is 0 Å². The quantitative estimate of drug-likeness (QED) is 0.781. The Morgan fingerprint density at radius 3 is 2.93 bits per heavy atom. The SMILES string of the molecule is C=Cc1cc(Cl)c2ncc(OC)nc2c1. The van der Waals surface area contributed by atoms with Crippen molar-refractivity contribution in [3.05, 3.63) is 35.5 Å². The van der Waals surface area contributed by atoms with Crippen LogP contribution in [0.3, 0.4) is 0 Å². The predicted octanol–water partition coefficient (Wildman–Crippen LogP) is 2.93. The second kappa shape index (κ2) is 3.87. The lowest BCUT2D eigenvalue weighted by Crippen LogP contribution is -1.91. The maximum absolute atomic E-state index is 6.05. The van der Waals surface area contributed by atoms with E-state index in [-0.39, 0.29) is 0 Å². The van der Waals surface area contributed by atoms with Gasteiger partial charge in [-0.25, -0.2) is 9.97 Å². The maximum Gasteiger partial charge on any atom is 0.232 e. The Morgan fingerprint density at radius 2 is 2.27 bits per heavy atom. The van der Waals surface area contributed by atoms with E-state index in [0.29, 0.717) is 21.9 Å². The van der Waals surface area contributed by atoms with Crippen molar-refractivity contribution in [3.8, 4) is 5.88 Å². The smallest absolute Gasteiger partial charge is 0.232 e. The largest absolute Gasteiger partial charge is 0.480 e. The fourth-order valence-corrected chi connectivity index (χ4v) is 1.57. The first-order chi connectivity index (χ1) is 7.24. The maximum atomic E-state index is 6.05. The van der Waals surface area contributed by atoms with E-state index >= 15 is 0 Å². The highest BCUT2D eigenvalue weighted by Gasteiger charge is 2.05. The highest BCUT2D eigenvalue weighted by atomic mass is 35.5. The molecule has 2 aromatic rings. The molecule has 0 spiro atoms. The third kappa shape index (κ3) is 1.78. The molecule has 0 bridgehead atoms. The Hall–Kier alpha value is -1.61. The van der Waals surface area contributed by atoms with Crippen molar-refractivity contribution < 1.29 is 4.74 Å². The molecular formula is C11H9ClN2O. The van der Waals surface area contributed by atoms with Gasteiger partial charge in [-0.15, -0.1) is 0 Å². The summed E-state index contributed by atoms with van der Waals surface area (Å²) in [6, 6.07) is 3.67. The zero-order chi connectivity index (χ0) is 10.8. The Balaban J connectivity index is 2.74. The molecule has 0 N–H and O–H groups in total. The average molecular weight is 221 g/mol. The van der Waals surface area contributed by atoms with E-state index in [9.17, 15) is 0 Å². The highest BCUT2D eigenvalue weighted by Crippen LogP contribution is 2.24. The van der Waals surface area contributed by atoms with Crippen LogP contribution in [0.4, 0.5) is 0 Å². The molecule has 1 aromatic heterocycles. The van der Waals surface area contributed by atoms with Crippen LogP contribution in [-0.4, -0.2) is 17.1 Å². The van der Waals surface area contributed by atoms with E-state index in [1.54, 1.807) is 25.4 Å². The average Bonchev–Trinajstić information content (AvgIpc) is 2.28. The van der Waals surface area contributed by atoms with E-state index in [4.69, 9.17) is 16.3 Å². The van der Waals surface area contributed by atoms with Gasteiger partial charge in [0.05, 0.1) is 23.8 Å². The minimum absolute atomic E-state index is 0.472. The number of nitrogens with zero attached hydrogens (tertiary/aromatic N) is 2. The summed E-state index contributed by atoms with van der Waals surface area (Å²) in [7, 11) is 1.55. The van der Waals surface area contributed by atoms with E-state index in [0.717, 1.165) is 5.56 Å². The molecule has 1 aromatic carbocycles. The van der Waals surface area contributed by atoms with Crippen LogP contribution >= 0.6 is 11.6 Å². The van der Waals surface area contributed by atoms with Gasteiger partial charge < -0.3 is 4.74 Å². The molecule has 0 fully saturated rings. The van der Waals surface area contributed by atoms with Crippen LogP contribution in [0.2, 0.25) is 5.02 Å². The van der Waals surface area contributed by atoms with Crippen molar-refractivity contribution in [3.63, 3.8) is 0 Å². The highest BCUT2D eigenvalue weighted by molar-refractivity contribution is 6.35. The van der Waals surface area contributed by atoms with Crippen LogP contribution in [0.15, 0.2) is 24.9 Å². The molecule has 2 rings (SSSR count). The summed E-state index contributed by atoms with van der Waals surface area (Å²) in [5.41, 5.74) is 2.29. The van der Waals surface area contributed by atoms with Gasteiger partial charge in [-0.3, -0.25) is 0 Å². The van der Waals surface area contributed by atoms with Gasteiger partial charge in [0.1, 0.15) is 5.52 Å². The summed E-state index contributed by atoms with van der Waals surface area (Å²) in [6.07, 6.45) is 3.26. The summed E-state index contributed by atoms with van der Waals surface area (Å²) >= 11 is 6.05. The van der Waals surface area contributed by atoms with Crippen molar-refractivity contribution in [2.75, 3.05) is 7.11 Å². The summed E-state index contributed by atoms with van der Waals surface area (Å²) in [5.74, 6) is 0.472. The standard InChI is InChI=1S/C11H9ClN2O/c1-3-7-4-8(12)11-9(5-7)14-10(15-2)6-13-11/h3-6H,1H2,2H3. The molecule has 0 amide bonds. The number of fused-ring (bicyclic) bond motifs is 1. The second-order valence-corrected chi connectivity index (χ2v) is 3.39. The van der Waals surface area contributed by atoms with Gasteiger partial charge in [-0.1, -0.05) is 24.3 Å². The van der Waals surface area contributed by atoms with Crippen LogP contribution in [-0.2, 0) is 0 Å². The molecule has 3 nitrogen and oxygen atoms in total. The molecular weight excluding hydrogens is 212 g/mol. The van der Waals surface area contributed by atoms with Gasteiger partial charge in [0.25, 0.3) is 0 Å². The van der Waals surface area contributed by atoms with Crippen LogP contribution in [0.5, 0.6) is 5.88 Å². The summed E-state index contributed by atoms with van der Waals surface area (Å²) in [4.78, 5) is 8.42. The number of benzene rings is 1. The molecule has 0 saturated heterocycles. The van der Waals surface area contributed by atoms with Crippen molar-refractivity contribution in [2.45, 2.75) is 0 Å². The monoisotopic (exact) mass is 220 g/mol. The number of hydrogen-bond donors (Lipinski definition) is 0. The Bertz CT molecular complexity index is 525. The summed E-state index contributed by atoms with van der Waals surface area (Å²) in [5, 5.41) is 0.567. The lowest BCUT2D eigenvalue weighted by Gasteiger charge is -2.03. The fourth-order valence-electron chi connectivity index (χ4n) is 1.30. The fraction of sp³-hybridized carbons (Fsp3) is 0.0909. The van der Waals surface area contributed by atoms with E-state index in [2.05, 4.69) is 16.5 Å². The lowest BCUT2D eigenvalue weighted by molar-refractivity contribution is 0.397. The van der Waals surface area contributed by atoms with E-state index in [1.807, 2.05) is 6.07 Å². The molecule has 0 saturated carbocycles. The van der Waals surface area contributed by atoms with Crippen molar-refractivity contribution in [1.82, 2.24) is 9.97 Å². The minimum Gasteiger partial charge on any atom is -0.480 e. The van der Waals surface area contributed by atoms with Crippen molar-refractivity contribution >= 4 is 28.7 Å². The van der Waals surface area contributed by atoms with Gasteiger partial charge in [0.2, 0.25) is 5.88 Å². The second-order valence-electron chi connectivity index (χ2n) is 2.99. The van der Waals surface area contributed by atoms with Gasteiger partial charge >= 0.3 is 0 Å². The Labute approximate surface area is 92.4 Å². The van der Waals surface area contributed by atoms with Crippen LogP contribution in [0, 0.1) is 0 Å². The van der Waals surface area contributed by atoms with Crippen LogP contribution in [0.25, 0.3) is 17.1 Å². The topological polar surface area (TPSA) is 35.0 Å². The third-order valence-corrected chi connectivity index (χ3v) is 2.33. The number of rotatable bonds is 2. The van der Waals surface area contributed by atoms with E-state index < -0.39 is 0 Å².